The fourth-order valence-electron chi connectivity index (χ4n) is 2.33. The van der Waals surface area contributed by atoms with Crippen molar-refractivity contribution in [3.05, 3.63) is 35.7 Å². The number of carbonyl (C=O) groups is 1. The van der Waals surface area contributed by atoms with Crippen molar-refractivity contribution >= 4 is 22.8 Å². The maximum absolute atomic E-state index is 11.1. The van der Waals surface area contributed by atoms with E-state index in [0.29, 0.717) is 5.78 Å². The van der Waals surface area contributed by atoms with Crippen LogP contribution >= 0.6 is 0 Å². The van der Waals surface area contributed by atoms with Crippen molar-refractivity contribution in [3.63, 3.8) is 0 Å². The standard InChI is InChI=1S/C13H13N3O2/c1-3-8-5-4-6-9-11(8)14-13-15(2)10(12(17)18)7-16(9)13/h4-7H,3H2,1-2H3,(H,17,18). The number of aromatic carboxylic acids is 1. The van der Waals surface area contributed by atoms with Crippen molar-refractivity contribution in [1.29, 1.82) is 0 Å². The minimum absolute atomic E-state index is 0.237. The molecule has 2 heterocycles. The third kappa shape index (κ3) is 1.27. The lowest BCUT2D eigenvalue weighted by atomic mass is 10.1. The zero-order valence-corrected chi connectivity index (χ0v) is 10.2. The molecule has 0 fully saturated rings. The highest BCUT2D eigenvalue weighted by atomic mass is 16.4. The highest BCUT2D eigenvalue weighted by molar-refractivity contribution is 5.89. The van der Waals surface area contributed by atoms with Crippen LogP contribution in [-0.2, 0) is 13.5 Å². The van der Waals surface area contributed by atoms with E-state index >= 15 is 0 Å². The van der Waals surface area contributed by atoms with E-state index in [2.05, 4.69) is 11.9 Å². The molecular weight excluding hydrogens is 230 g/mol. The third-order valence-electron chi connectivity index (χ3n) is 3.30. The summed E-state index contributed by atoms with van der Waals surface area (Å²) in [7, 11) is 1.72. The fraction of sp³-hybridized carbons (Fsp3) is 0.231. The molecule has 5 heteroatoms. The molecule has 3 rings (SSSR count). The Morgan fingerprint density at radius 2 is 2.22 bits per heavy atom. The lowest BCUT2D eigenvalue weighted by Crippen LogP contribution is -2.04. The summed E-state index contributed by atoms with van der Waals surface area (Å²) in [6.45, 7) is 2.08. The Kier molecular flexibility index (Phi) is 2.16. The highest BCUT2D eigenvalue weighted by Crippen LogP contribution is 2.22. The predicted molar refractivity (Wildman–Crippen MR) is 68.0 cm³/mol. The van der Waals surface area contributed by atoms with Gasteiger partial charge in [0.05, 0.1) is 11.0 Å². The van der Waals surface area contributed by atoms with Gasteiger partial charge in [0.1, 0.15) is 5.69 Å². The van der Waals surface area contributed by atoms with Gasteiger partial charge in [0.25, 0.3) is 0 Å². The van der Waals surface area contributed by atoms with E-state index in [1.807, 2.05) is 22.6 Å². The monoisotopic (exact) mass is 243 g/mol. The van der Waals surface area contributed by atoms with Crippen LogP contribution in [0, 0.1) is 0 Å². The number of rotatable bonds is 2. The van der Waals surface area contributed by atoms with Crippen molar-refractivity contribution in [2.24, 2.45) is 7.05 Å². The SMILES string of the molecule is CCc1cccc2c1nc1n(C)c(C(=O)O)cn21. The first-order valence-electron chi connectivity index (χ1n) is 5.82. The van der Waals surface area contributed by atoms with Gasteiger partial charge < -0.3 is 9.67 Å². The van der Waals surface area contributed by atoms with Crippen LogP contribution in [0.4, 0.5) is 0 Å². The fourth-order valence-corrected chi connectivity index (χ4v) is 2.33. The molecule has 0 atom stereocenters. The maximum Gasteiger partial charge on any atom is 0.354 e. The molecular formula is C13H13N3O2. The number of fused-ring (bicyclic) bond motifs is 3. The Bertz CT molecular complexity index is 767. The van der Waals surface area contributed by atoms with E-state index in [-0.39, 0.29) is 5.69 Å². The molecule has 0 bridgehead atoms. The van der Waals surface area contributed by atoms with Gasteiger partial charge in [0.2, 0.25) is 5.78 Å². The van der Waals surface area contributed by atoms with E-state index in [4.69, 9.17) is 5.11 Å². The molecule has 0 saturated heterocycles. The molecule has 0 aliphatic heterocycles. The number of hydrogen-bond donors (Lipinski definition) is 1. The second kappa shape index (κ2) is 3.60. The van der Waals surface area contributed by atoms with Crippen molar-refractivity contribution in [1.82, 2.24) is 14.0 Å². The zero-order chi connectivity index (χ0) is 12.9. The molecule has 0 aliphatic rings. The minimum atomic E-state index is -0.942. The summed E-state index contributed by atoms with van der Waals surface area (Å²) < 4.78 is 3.43. The molecule has 0 spiro atoms. The number of benzene rings is 1. The molecule has 92 valence electrons. The average Bonchev–Trinajstić information content (AvgIpc) is 2.87. The molecule has 3 aromatic rings. The number of carboxylic acid groups (broad SMARTS) is 1. The van der Waals surface area contributed by atoms with Gasteiger partial charge in [-0.3, -0.25) is 4.40 Å². The molecule has 0 radical (unpaired) electrons. The number of hydrogen-bond acceptors (Lipinski definition) is 2. The smallest absolute Gasteiger partial charge is 0.354 e. The predicted octanol–water partition coefficient (Wildman–Crippen LogP) is 2.09. The summed E-state index contributed by atoms with van der Waals surface area (Å²) in [6, 6.07) is 5.98. The lowest BCUT2D eigenvalue weighted by molar-refractivity contribution is 0.0687. The first-order chi connectivity index (χ1) is 8.63. The number of nitrogens with zero attached hydrogens (tertiary/aromatic N) is 3. The Hall–Kier alpha value is -2.30. The molecule has 0 saturated carbocycles. The van der Waals surface area contributed by atoms with Gasteiger partial charge in [-0.15, -0.1) is 0 Å². The molecule has 5 nitrogen and oxygen atoms in total. The van der Waals surface area contributed by atoms with Gasteiger partial charge in [0, 0.05) is 13.2 Å². The van der Waals surface area contributed by atoms with E-state index in [9.17, 15) is 4.79 Å². The minimum Gasteiger partial charge on any atom is -0.477 e. The third-order valence-corrected chi connectivity index (χ3v) is 3.30. The molecule has 1 aromatic carbocycles. The first kappa shape index (κ1) is 10.8. The Balaban J connectivity index is 2.44. The summed E-state index contributed by atoms with van der Waals surface area (Å²) in [5, 5.41) is 9.10. The van der Waals surface area contributed by atoms with E-state index in [1.165, 1.54) is 5.56 Å². The van der Waals surface area contributed by atoms with Gasteiger partial charge in [-0.05, 0) is 18.1 Å². The van der Waals surface area contributed by atoms with E-state index < -0.39 is 5.97 Å². The summed E-state index contributed by atoms with van der Waals surface area (Å²) >= 11 is 0. The van der Waals surface area contributed by atoms with Crippen molar-refractivity contribution in [2.75, 3.05) is 0 Å². The van der Waals surface area contributed by atoms with Crippen LogP contribution < -0.4 is 0 Å². The van der Waals surface area contributed by atoms with Crippen molar-refractivity contribution < 1.29 is 9.90 Å². The van der Waals surface area contributed by atoms with Gasteiger partial charge >= 0.3 is 5.97 Å². The number of aryl methyl sites for hydroxylation is 2. The van der Waals surface area contributed by atoms with Gasteiger partial charge in [-0.2, -0.15) is 0 Å². The zero-order valence-electron chi connectivity index (χ0n) is 10.2. The Morgan fingerprint density at radius 1 is 1.44 bits per heavy atom. The Labute approximate surface area is 103 Å². The first-order valence-corrected chi connectivity index (χ1v) is 5.82. The molecule has 2 aromatic heterocycles. The molecule has 18 heavy (non-hydrogen) atoms. The molecule has 0 unspecified atom stereocenters. The average molecular weight is 243 g/mol. The normalized spacial score (nSPS) is 11.4. The van der Waals surface area contributed by atoms with Crippen LogP contribution in [0.5, 0.6) is 0 Å². The van der Waals surface area contributed by atoms with Crippen LogP contribution in [-0.4, -0.2) is 25.0 Å². The maximum atomic E-state index is 11.1. The van der Waals surface area contributed by atoms with Crippen molar-refractivity contribution in [3.8, 4) is 0 Å². The molecule has 0 aliphatic carbocycles. The highest BCUT2D eigenvalue weighted by Gasteiger charge is 2.16. The van der Waals surface area contributed by atoms with Crippen LogP contribution in [0.3, 0.4) is 0 Å². The van der Waals surface area contributed by atoms with Crippen LogP contribution in [0.2, 0.25) is 0 Å². The number of imidazole rings is 2. The molecule has 0 amide bonds. The van der Waals surface area contributed by atoms with Gasteiger partial charge in [-0.25, -0.2) is 9.78 Å². The van der Waals surface area contributed by atoms with Gasteiger partial charge in [0.15, 0.2) is 0 Å². The van der Waals surface area contributed by atoms with Crippen LogP contribution in [0.25, 0.3) is 16.8 Å². The summed E-state index contributed by atoms with van der Waals surface area (Å²) in [6.07, 6.45) is 2.53. The lowest BCUT2D eigenvalue weighted by Gasteiger charge is -1.97. The van der Waals surface area contributed by atoms with Gasteiger partial charge in [-0.1, -0.05) is 19.1 Å². The topological polar surface area (TPSA) is 59.5 Å². The largest absolute Gasteiger partial charge is 0.477 e. The quantitative estimate of drug-likeness (QED) is 0.749. The van der Waals surface area contributed by atoms with E-state index in [0.717, 1.165) is 17.5 Å². The second-order valence-corrected chi connectivity index (χ2v) is 4.30. The molecule has 1 N–H and O–H groups in total. The summed E-state index contributed by atoms with van der Waals surface area (Å²) in [5.74, 6) is -0.286. The summed E-state index contributed by atoms with van der Waals surface area (Å²) in [5.41, 5.74) is 3.31. The van der Waals surface area contributed by atoms with E-state index in [1.54, 1.807) is 17.8 Å². The van der Waals surface area contributed by atoms with Crippen LogP contribution in [0.1, 0.15) is 23.0 Å². The van der Waals surface area contributed by atoms with Crippen LogP contribution in [0.15, 0.2) is 24.4 Å². The number of para-hydroxylation sites is 1. The number of aromatic nitrogens is 3. The van der Waals surface area contributed by atoms with Crippen molar-refractivity contribution in [2.45, 2.75) is 13.3 Å². The number of carboxylic acids is 1. The summed E-state index contributed by atoms with van der Waals surface area (Å²) in [4.78, 5) is 15.6. The second-order valence-electron chi connectivity index (χ2n) is 4.30. The Morgan fingerprint density at radius 3 is 2.89 bits per heavy atom.